The first kappa shape index (κ1) is 5.71. The number of hydrogen-bond acceptors (Lipinski definition) is 2. The van der Waals surface area contributed by atoms with Gasteiger partial charge in [0, 0.05) is 12.6 Å². The van der Waals surface area contributed by atoms with Crippen molar-refractivity contribution in [3.05, 3.63) is 23.1 Å². The van der Waals surface area contributed by atoms with Crippen molar-refractivity contribution >= 4 is 5.57 Å². The number of fused-ring (bicyclic) bond motifs is 1. The van der Waals surface area contributed by atoms with Crippen LogP contribution in [0.15, 0.2) is 21.7 Å². The molecule has 2 nitrogen and oxygen atoms in total. The molecule has 0 aliphatic carbocycles. The van der Waals surface area contributed by atoms with Gasteiger partial charge in [0.2, 0.25) is 0 Å². The summed E-state index contributed by atoms with van der Waals surface area (Å²) >= 11 is 0. The molecule has 0 saturated heterocycles. The molecular weight excluding hydrogens is 126 g/mol. The standard InChI is InChI=1S/C8H9NO/c1-6-2-4-9-7-3-5-10-8(6)7/h3,5H,2,4H2,1H3. The van der Waals surface area contributed by atoms with Gasteiger partial charge < -0.3 is 4.42 Å². The van der Waals surface area contributed by atoms with E-state index < -0.39 is 0 Å². The molecule has 0 atom stereocenters. The van der Waals surface area contributed by atoms with Crippen molar-refractivity contribution in [3.63, 3.8) is 0 Å². The summed E-state index contributed by atoms with van der Waals surface area (Å²) in [5.41, 5.74) is 2.29. The van der Waals surface area contributed by atoms with Crippen molar-refractivity contribution in [2.75, 3.05) is 6.54 Å². The van der Waals surface area contributed by atoms with Crippen LogP contribution in [0.4, 0.5) is 0 Å². The van der Waals surface area contributed by atoms with E-state index in [4.69, 9.17) is 4.42 Å². The van der Waals surface area contributed by atoms with Gasteiger partial charge in [-0.25, -0.2) is 0 Å². The molecule has 10 heavy (non-hydrogen) atoms. The molecule has 1 aromatic heterocycles. The molecule has 0 unspecified atom stereocenters. The summed E-state index contributed by atoms with van der Waals surface area (Å²) in [6, 6.07) is 1.91. The summed E-state index contributed by atoms with van der Waals surface area (Å²) in [7, 11) is 0. The predicted molar refractivity (Wildman–Crippen MR) is 38.1 cm³/mol. The van der Waals surface area contributed by atoms with Crippen LogP contribution in [0.3, 0.4) is 0 Å². The van der Waals surface area contributed by atoms with Crippen LogP contribution in [-0.4, -0.2) is 6.54 Å². The van der Waals surface area contributed by atoms with Gasteiger partial charge in [-0.3, -0.25) is 4.99 Å². The Balaban J connectivity index is 2.91. The lowest BCUT2D eigenvalue weighted by Gasteiger charge is -1.98. The van der Waals surface area contributed by atoms with Gasteiger partial charge in [-0.05, 0) is 18.9 Å². The first-order chi connectivity index (χ1) is 4.88. The molecule has 1 aromatic rings. The third kappa shape index (κ3) is 0.685. The molecule has 0 amide bonds. The van der Waals surface area contributed by atoms with Crippen molar-refractivity contribution in [1.82, 2.24) is 0 Å². The van der Waals surface area contributed by atoms with E-state index in [1.807, 2.05) is 6.07 Å². The molecule has 2 heteroatoms. The maximum atomic E-state index is 5.24. The number of hydrogen-bond donors (Lipinski definition) is 0. The fourth-order valence-corrected chi connectivity index (χ4v) is 1.20. The Morgan fingerprint density at radius 3 is 3.30 bits per heavy atom. The Bertz CT molecular complexity index is 348. The third-order valence-electron chi connectivity index (χ3n) is 1.80. The first-order valence-electron chi connectivity index (χ1n) is 3.46. The predicted octanol–water partition coefficient (Wildman–Crippen LogP) is 0.473. The fourth-order valence-electron chi connectivity index (χ4n) is 1.20. The molecule has 0 radical (unpaired) electrons. The van der Waals surface area contributed by atoms with Gasteiger partial charge in [-0.1, -0.05) is 0 Å². The van der Waals surface area contributed by atoms with Gasteiger partial charge in [-0.15, -0.1) is 0 Å². The summed E-state index contributed by atoms with van der Waals surface area (Å²) in [5, 5.41) is 1.02. The second kappa shape index (κ2) is 1.97. The van der Waals surface area contributed by atoms with Crippen LogP contribution in [-0.2, 0) is 0 Å². The van der Waals surface area contributed by atoms with E-state index in [9.17, 15) is 0 Å². The molecule has 0 saturated carbocycles. The molecule has 1 aliphatic rings. The van der Waals surface area contributed by atoms with Gasteiger partial charge in [0.05, 0.1) is 6.26 Å². The van der Waals surface area contributed by atoms with E-state index >= 15 is 0 Å². The quantitative estimate of drug-likeness (QED) is 0.507. The zero-order valence-electron chi connectivity index (χ0n) is 5.92. The van der Waals surface area contributed by atoms with Gasteiger partial charge in [0.25, 0.3) is 0 Å². The van der Waals surface area contributed by atoms with E-state index in [-0.39, 0.29) is 0 Å². The van der Waals surface area contributed by atoms with Crippen LogP contribution in [0.5, 0.6) is 0 Å². The highest BCUT2D eigenvalue weighted by Gasteiger charge is 2.01. The highest BCUT2D eigenvalue weighted by Crippen LogP contribution is 1.99. The Morgan fingerprint density at radius 1 is 1.60 bits per heavy atom. The highest BCUT2D eigenvalue weighted by atomic mass is 16.3. The maximum Gasteiger partial charge on any atom is 0.150 e. The van der Waals surface area contributed by atoms with E-state index in [1.165, 1.54) is 5.57 Å². The van der Waals surface area contributed by atoms with E-state index in [1.54, 1.807) is 6.26 Å². The van der Waals surface area contributed by atoms with E-state index in [2.05, 4.69) is 11.9 Å². The molecule has 0 fully saturated rings. The average Bonchev–Trinajstić information content (AvgIpc) is 2.36. The van der Waals surface area contributed by atoms with Gasteiger partial charge >= 0.3 is 0 Å². The van der Waals surface area contributed by atoms with E-state index in [0.717, 1.165) is 23.7 Å². The molecule has 0 aromatic carbocycles. The number of rotatable bonds is 0. The zero-order valence-corrected chi connectivity index (χ0v) is 5.92. The Hall–Kier alpha value is -1.05. The summed E-state index contributed by atoms with van der Waals surface area (Å²) in [4.78, 5) is 4.29. The topological polar surface area (TPSA) is 25.5 Å². The number of furan rings is 1. The van der Waals surface area contributed by atoms with Gasteiger partial charge in [0.15, 0.2) is 5.42 Å². The molecular formula is C8H9NO. The van der Waals surface area contributed by atoms with Crippen LogP contribution in [0.25, 0.3) is 5.57 Å². The Labute approximate surface area is 58.9 Å². The van der Waals surface area contributed by atoms with Gasteiger partial charge in [0.1, 0.15) is 5.36 Å². The van der Waals surface area contributed by atoms with Crippen molar-refractivity contribution in [3.8, 4) is 0 Å². The highest BCUT2D eigenvalue weighted by molar-refractivity contribution is 5.39. The molecule has 52 valence electrons. The monoisotopic (exact) mass is 135 g/mol. The smallest absolute Gasteiger partial charge is 0.150 e. The van der Waals surface area contributed by atoms with Crippen molar-refractivity contribution < 1.29 is 4.42 Å². The summed E-state index contributed by atoms with van der Waals surface area (Å²) < 4.78 is 5.24. The van der Waals surface area contributed by atoms with Crippen LogP contribution in [0.1, 0.15) is 13.3 Å². The summed E-state index contributed by atoms with van der Waals surface area (Å²) in [6.07, 6.45) is 2.74. The fraction of sp³-hybridized carbons (Fsp3) is 0.375. The average molecular weight is 135 g/mol. The lowest BCUT2D eigenvalue weighted by molar-refractivity contribution is 0.520. The largest absolute Gasteiger partial charge is 0.463 e. The normalized spacial score (nSPS) is 16.3. The SMILES string of the molecule is CC1=c2occc2=NCC1. The van der Waals surface area contributed by atoms with Crippen LogP contribution < -0.4 is 10.8 Å². The molecule has 0 bridgehead atoms. The minimum Gasteiger partial charge on any atom is -0.463 e. The lowest BCUT2D eigenvalue weighted by atomic mass is 10.2. The minimum absolute atomic E-state index is 0.915. The zero-order chi connectivity index (χ0) is 6.97. The van der Waals surface area contributed by atoms with Crippen molar-refractivity contribution in [1.29, 1.82) is 0 Å². The Morgan fingerprint density at radius 2 is 2.50 bits per heavy atom. The molecule has 2 heterocycles. The maximum absolute atomic E-state index is 5.24. The first-order valence-corrected chi connectivity index (χ1v) is 3.46. The Kier molecular flexibility index (Phi) is 1.13. The van der Waals surface area contributed by atoms with Crippen LogP contribution >= 0.6 is 0 Å². The molecule has 2 rings (SSSR count). The van der Waals surface area contributed by atoms with Gasteiger partial charge in [-0.2, -0.15) is 0 Å². The van der Waals surface area contributed by atoms with E-state index in [0.29, 0.717) is 0 Å². The third-order valence-corrected chi connectivity index (χ3v) is 1.80. The van der Waals surface area contributed by atoms with Crippen LogP contribution in [0, 0.1) is 0 Å². The molecule has 0 N–H and O–H groups in total. The molecule has 1 aliphatic heterocycles. The minimum atomic E-state index is 0.915. The number of nitrogens with zero attached hydrogens (tertiary/aromatic N) is 1. The van der Waals surface area contributed by atoms with Crippen molar-refractivity contribution in [2.45, 2.75) is 13.3 Å². The summed E-state index contributed by atoms with van der Waals surface area (Å²) in [6.45, 7) is 3.01. The van der Waals surface area contributed by atoms with Crippen molar-refractivity contribution in [2.24, 2.45) is 4.99 Å². The van der Waals surface area contributed by atoms with Crippen LogP contribution in [0.2, 0.25) is 0 Å². The second-order valence-corrected chi connectivity index (χ2v) is 2.55. The molecule has 0 spiro atoms. The second-order valence-electron chi connectivity index (χ2n) is 2.55. The summed E-state index contributed by atoms with van der Waals surface area (Å²) in [5.74, 6) is 0. The lowest BCUT2D eigenvalue weighted by Crippen LogP contribution is -2.26.